The number of aliphatic hydroxyl groups is 1. The van der Waals surface area contributed by atoms with E-state index in [1.807, 2.05) is 97.1 Å². The largest absolute Gasteiger partial charge is 0.392 e. The Hall–Kier alpha value is -4.18. The van der Waals surface area contributed by atoms with Crippen molar-refractivity contribution in [2.75, 3.05) is 0 Å². The second kappa shape index (κ2) is 14.9. The van der Waals surface area contributed by atoms with E-state index < -0.39 is 6.29 Å². The summed E-state index contributed by atoms with van der Waals surface area (Å²) in [5.74, 6) is 0. The molecule has 3 N–H and O–H groups in total. The SMILES string of the molecule is O=C(NCc1ccccc1)NCc1cccc(-c2ccc(C3OC(Cn4cnc(Cl)c4Cl)CC(c4ccc(CO)cc4)O3)cc2)c1. The second-order valence-corrected chi connectivity index (χ2v) is 11.9. The van der Waals surface area contributed by atoms with Crippen LogP contribution in [0.15, 0.2) is 109 Å². The van der Waals surface area contributed by atoms with Crippen molar-refractivity contribution in [2.45, 2.75) is 51.2 Å². The van der Waals surface area contributed by atoms with Crippen molar-refractivity contribution in [2.24, 2.45) is 0 Å². The summed E-state index contributed by atoms with van der Waals surface area (Å²) in [6.07, 6.45) is 1.14. The van der Waals surface area contributed by atoms with Crippen LogP contribution < -0.4 is 10.6 Å². The lowest BCUT2D eigenvalue weighted by Crippen LogP contribution is -2.34. The summed E-state index contributed by atoms with van der Waals surface area (Å²) in [4.78, 5) is 16.4. The molecule has 1 aliphatic rings. The number of rotatable bonds is 10. The molecule has 1 fully saturated rings. The maximum atomic E-state index is 12.3. The number of carbonyl (C=O) groups is 1. The molecule has 10 heteroatoms. The predicted molar refractivity (Wildman–Crippen MR) is 178 cm³/mol. The zero-order chi connectivity index (χ0) is 31.9. The molecule has 6 rings (SSSR count). The summed E-state index contributed by atoms with van der Waals surface area (Å²) in [7, 11) is 0. The van der Waals surface area contributed by atoms with E-state index in [-0.39, 0.29) is 30.0 Å². The topological polar surface area (TPSA) is 97.6 Å². The molecular formula is C36H34Cl2N4O4. The van der Waals surface area contributed by atoms with Gasteiger partial charge in [0.05, 0.1) is 31.7 Å². The monoisotopic (exact) mass is 656 g/mol. The minimum absolute atomic E-state index is 0.0179. The first-order valence-corrected chi connectivity index (χ1v) is 15.8. The number of carbonyl (C=O) groups excluding carboxylic acids is 1. The average Bonchev–Trinajstić information content (AvgIpc) is 3.42. The molecule has 0 bridgehead atoms. The fourth-order valence-electron chi connectivity index (χ4n) is 5.44. The van der Waals surface area contributed by atoms with Gasteiger partial charge in [-0.15, -0.1) is 0 Å². The Bertz CT molecular complexity index is 1750. The summed E-state index contributed by atoms with van der Waals surface area (Å²) in [6, 6.07) is 33.6. The molecule has 2 heterocycles. The van der Waals surface area contributed by atoms with Crippen molar-refractivity contribution < 1.29 is 19.4 Å². The Morgan fingerprint density at radius 2 is 1.50 bits per heavy atom. The van der Waals surface area contributed by atoms with Gasteiger partial charge in [0.2, 0.25) is 0 Å². The molecule has 1 aliphatic heterocycles. The Morgan fingerprint density at radius 1 is 0.804 bits per heavy atom. The number of nitrogens with zero attached hydrogens (tertiary/aromatic N) is 2. The van der Waals surface area contributed by atoms with Crippen molar-refractivity contribution in [3.63, 3.8) is 0 Å². The summed E-state index contributed by atoms with van der Waals surface area (Å²) in [5.41, 5.74) is 6.82. The fraction of sp³-hybridized carbons (Fsp3) is 0.222. The molecule has 0 saturated carbocycles. The van der Waals surface area contributed by atoms with E-state index in [1.54, 1.807) is 10.9 Å². The molecule has 2 amide bonds. The maximum Gasteiger partial charge on any atom is 0.315 e. The van der Waals surface area contributed by atoms with Gasteiger partial charge in [-0.25, -0.2) is 9.78 Å². The summed E-state index contributed by atoms with van der Waals surface area (Å²) >= 11 is 12.5. The molecule has 3 atom stereocenters. The molecule has 236 valence electrons. The van der Waals surface area contributed by atoms with E-state index >= 15 is 0 Å². The van der Waals surface area contributed by atoms with Crippen LogP contribution in [-0.4, -0.2) is 26.8 Å². The van der Waals surface area contributed by atoms with E-state index in [9.17, 15) is 9.90 Å². The molecule has 8 nitrogen and oxygen atoms in total. The first-order chi connectivity index (χ1) is 22.4. The third-order valence-electron chi connectivity index (χ3n) is 7.94. The maximum absolute atomic E-state index is 12.3. The second-order valence-electron chi connectivity index (χ2n) is 11.2. The fourth-order valence-corrected chi connectivity index (χ4v) is 5.75. The molecule has 1 saturated heterocycles. The molecule has 0 aliphatic carbocycles. The van der Waals surface area contributed by atoms with Crippen LogP contribution in [0.2, 0.25) is 10.3 Å². The van der Waals surface area contributed by atoms with Crippen molar-refractivity contribution in [3.05, 3.63) is 148 Å². The highest BCUT2D eigenvalue weighted by Gasteiger charge is 2.33. The van der Waals surface area contributed by atoms with E-state index in [2.05, 4.69) is 21.7 Å². The molecule has 4 aromatic carbocycles. The van der Waals surface area contributed by atoms with Crippen molar-refractivity contribution >= 4 is 29.2 Å². The predicted octanol–water partition coefficient (Wildman–Crippen LogP) is 7.59. The zero-order valence-electron chi connectivity index (χ0n) is 25.0. The van der Waals surface area contributed by atoms with Crippen LogP contribution >= 0.6 is 23.2 Å². The van der Waals surface area contributed by atoms with Crippen molar-refractivity contribution in [3.8, 4) is 11.1 Å². The van der Waals surface area contributed by atoms with Crippen LogP contribution in [0.25, 0.3) is 11.1 Å². The van der Waals surface area contributed by atoms with Gasteiger partial charge in [-0.1, -0.05) is 120 Å². The number of ether oxygens (including phenoxy) is 2. The quantitative estimate of drug-likeness (QED) is 0.144. The van der Waals surface area contributed by atoms with E-state index in [0.717, 1.165) is 38.9 Å². The van der Waals surface area contributed by atoms with Gasteiger partial charge < -0.3 is 29.8 Å². The molecule has 0 spiro atoms. The number of amides is 2. The minimum Gasteiger partial charge on any atom is -0.392 e. The van der Waals surface area contributed by atoms with Gasteiger partial charge in [0, 0.05) is 25.1 Å². The van der Waals surface area contributed by atoms with Crippen LogP contribution in [0, 0.1) is 0 Å². The number of aromatic nitrogens is 2. The lowest BCUT2D eigenvalue weighted by Gasteiger charge is -2.36. The lowest BCUT2D eigenvalue weighted by atomic mass is 9.99. The van der Waals surface area contributed by atoms with Gasteiger partial charge in [-0.2, -0.15) is 0 Å². The summed E-state index contributed by atoms with van der Waals surface area (Å²) in [6.45, 7) is 1.32. The summed E-state index contributed by atoms with van der Waals surface area (Å²) < 4.78 is 14.7. The highest BCUT2D eigenvalue weighted by atomic mass is 35.5. The Labute approximate surface area is 277 Å². The van der Waals surface area contributed by atoms with Crippen LogP contribution in [0.4, 0.5) is 4.79 Å². The first kappa shape index (κ1) is 31.8. The number of urea groups is 1. The third kappa shape index (κ3) is 7.96. The van der Waals surface area contributed by atoms with E-state index in [4.69, 9.17) is 32.7 Å². The van der Waals surface area contributed by atoms with Gasteiger partial charge in [0.15, 0.2) is 11.4 Å². The van der Waals surface area contributed by atoms with E-state index in [0.29, 0.717) is 31.2 Å². The molecule has 5 aromatic rings. The standard InChI is InChI=1S/C36H34Cl2N4O4/c37-33-34(38)42(23-41-33)21-31-18-32(28-11-9-25(22-43)10-12-28)46-35(45-31)29-15-13-27(14-16-29)30-8-4-7-26(17-30)20-40-36(44)39-19-24-5-2-1-3-6-24/h1-17,23,31-32,35,43H,18-22H2,(H2,39,40,44). The smallest absolute Gasteiger partial charge is 0.315 e. The van der Waals surface area contributed by atoms with Crippen LogP contribution in [0.5, 0.6) is 0 Å². The first-order valence-electron chi connectivity index (χ1n) is 15.1. The van der Waals surface area contributed by atoms with Gasteiger partial charge in [0.1, 0.15) is 5.15 Å². The van der Waals surface area contributed by atoms with Gasteiger partial charge >= 0.3 is 6.03 Å². The van der Waals surface area contributed by atoms with Crippen molar-refractivity contribution in [1.82, 2.24) is 20.2 Å². The number of hydrogen-bond acceptors (Lipinski definition) is 5. The third-order valence-corrected chi connectivity index (χ3v) is 8.71. The van der Waals surface area contributed by atoms with Gasteiger partial charge in [-0.3, -0.25) is 0 Å². The van der Waals surface area contributed by atoms with Crippen LogP contribution in [0.3, 0.4) is 0 Å². The Kier molecular flexibility index (Phi) is 10.3. The molecule has 3 unspecified atom stereocenters. The Balaban J connectivity index is 1.13. The number of imidazole rings is 1. The summed E-state index contributed by atoms with van der Waals surface area (Å²) in [5, 5.41) is 15.9. The van der Waals surface area contributed by atoms with Gasteiger partial charge in [0.25, 0.3) is 0 Å². The Morgan fingerprint density at radius 3 is 2.20 bits per heavy atom. The molecular weight excluding hydrogens is 623 g/mol. The number of halogens is 2. The number of nitrogens with one attached hydrogen (secondary N) is 2. The van der Waals surface area contributed by atoms with Crippen molar-refractivity contribution in [1.29, 1.82) is 0 Å². The average molecular weight is 658 g/mol. The minimum atomic E-state index is -0.613. The highest BCUT2D eigenvalue weighted by molar-refractivity contribution is 6.40. The van der Waals surface area contributed by atoms with Gasteiger partial charge in [-0.05, 0) is 39.4 Å². The normalized spacial score (nSPS) is 17.8. The molecule has 46 heavy (non-hydrogen) atoms. The lowest BCUT2D eigenvalue weighted by molar-refractivity contribution is -0.252. The molecule has 1 aromatic heterocycles. The number of benzene rings is 4. The number of hydrogen-bond donors (Lipinski definition) is 3. The van der Waals surface area contributed by atoms with E-state index in [1.165, 1.54) is 0 Å². The zero-order valence-corrected chi connectivity index (χ0v) is 26.5. The highest BCUT2D eigenvalue weighted by Crippen LogP contribution is 2.39. The molecule has 0 radical (unpaired) electrons. The van der Waals surface area contributed by atoms with Crippen LogP contribution in [0.1, 0.15) is 46.6 Å². The van der Waals surface area contributed by atoms with Crippen LogP contribution in [-0.2, 0) is 35.7 Å². The number of aliphatic hydroxyl groups excluding tert-OH is 1.